The molecule has 4 rings (SSSR count). The van der Waals surface area contributed by atoms with Crippen molar-refractivity contribution >= 4 is 0 Å². The zero-order chi connectivity index (χ0) is 17.9. The molecule has 2 aliphatic heterocycles. The Kier molecular flexibility index (Phi) is 4.97. The molecule has 0 bridgehead atoms. The molecule has 26 heavy (non-hydrogen) atoms. The number of aliphatic hydroxyl groups is 1. The molecule has 6 nitrogen and oxygen atoms in total. The number of β-amino-alcohol motifs (C(OH)–C–C–N with tert-alkyl or cyclic N) is 1. The Hall–Kier alpha value is -2.28. The molecule has 6 heteroatoms. The largest absolute Gasteiger partial charge is 0.496 e. The van der Waals surface area contributed by atoms with Crippen LogP contribution in [0.25, 0.3) is 11.1 Å². The summed E-state index contributed by atoms with van der Waals surface area (Å²) in [5.41, 5.74) is 2.84. The average Bonchev–Trinajstić information content (AvgIpc) is 3.15. The van der Waals surface area contributed by atoms with Gasteiger partial charge in [-0.3, -0.25) is 4.90 Å². The van der Waals surface area contributed by atoms with E-state index in [9.17, 15) is 5.11 Å². The van der Waals surface area contributed by atoms with Crippen LogP contribution in [-0.4, -0.2) is 56.8 Å². The smallest absolute Gasteiger partial charge is 0.231 e. The van der Waals surface area contributed by atoms with Gasteiger partial charge in [-0.2, -0.15) is 0 Å². The lowest BCUT2D eigenvalue weighted by Gasteiger charge is -2.28. The minimum absolute atomic E-state index is 0.231. The highest BCUT2D eigenvalue weighted by Crippen LogP contribution is 2.42. The van der Waals surface area contributed by atoms with E-state index in [0.717, 1.165) is 54.5 Å². The summed E-state index contributed by atoms with van der Waals surface area (Å²) in [6, 6.07) is 11.7. The van der Waals surface area contributed by atoms with Gasteiger partial charge in [-0.15, -0.1) is 0 Å². The third kappa shape index (κ3) is 3.49. The Morgan fingerprint density at radius 2 is 1.77 bits per heavy atom. The first-order valence-corrected chi connectivity index (χ1v) is 8.81. The molecule has 1 saturated heterocycles. The van der Waals surface area contributed by atoms with Crippen molar-refractivity contribution < 1.29 is 24.1 Å². The monoisotopic (exact) mass is 357 g/mol. The van der Waals surface area contributed by atoms with Gasteiger partial charge >= 0.3 is 0 Å². The van der Waals surface area contributed by atoms with Gasteiger partial charge in [-0.25, -0.2) is 0 Å². The minimum atomic E-state index is -0.513. The fraction of sp³-hybridized carbons (Fsp3) is 0.400. The quantitative estimate of drug-likeness (QED) is 0.887. The van der Waals surface area contributed by atoms with E-state index in [1.807, 2.05) is 36.4 Å². The van der Waals surface area contributed by atoms with Crippen molar-refractivity contribution in [3.63, 3.8) is 0 Å². The molecule has 0 spiro atoms. The van der Waals surface area contributed by atoms with Crippen molar-refractivity contribution in [3.05, 3.63) is 42.0 Å². The van der Waals surface area contributed by atoms with Crippen molar-refractivity contribution in [2.75, 3.05) is 46.8 Å². The maximum atomic E-state index is 10.5. The highest BCUT2D eigenvalue weighted by molar-refractivity contribution is 5.74. The Labute approximate surface area is 152 Å². The molecule has 1 fully saturated rings. The third-order valence-corrected chi connectivity index (χ3v) is 4.84. The highest BCUT2D eigenvalue weighted by Gasteiger charge is 2.20. The predicted molar refractivity (Wildman–Crippen MR) is 96.8 cm³/mol. The number of aliphatic hydroxyl groups excluding tert-OH is 1. The lowest BCUT2D eigenvalue weighted by atomic mass is 10.00. The summed E-state index contributed by atoms with van der Waals surface area (Å²) in [6.07, 6.45) is -0.513. The molecule has 1 atom stereocenters. The Morgan fingerprint density at radius 3 is 2.46 bits per heavy atom. The summed E-state index contributed by atoms with van der Waals surface area (Å²) >= 11 is 0. The van der Waals surface area contributed by atoms with Crippen LogP contribution in [-0.2, 0) is 4.74 Å². The topological polar surface area (TPSA) is 60.4 Å². The standard InChI is InChI=1S/C20H23NO5/c1-23-18-11-20-19(25-13-26-20)10-16(18)14-2-4-15(5-3-14)17(22)12-21-6-8-24-9-7-21/h2-5,10-11,17,22H,6-9,12-13H2,1H3. The summed E-state index contributed by atoms with van der Waals surface area (Å²) in [4.78, 5) is 2.23. The first-order chi connectivity index (χ1) is 12.7. The van der Waals surface area contributed by atoms with Gasteiger partial charge in [-0.05, 0) is 17.2 Å². The molecule has 0 aromatic heterocycles. The Bertz CT molecular complexity index is 756. The zero-order valence-corrected chi connectivity index (χ0v) is 14.8. The Balaban J connectivity index is 1.52. The van der Waals surface area contributed by atoms with Gasteiger partial charge in [-0.1, -0.05) is 24.3 Å². The van der Waals surface area contributed by atoms with Crippen molar-refractivity contribution in [1.29, 1.82) is 0 Å². The van der Waals surface area contributed by atoms with Crippen LogP contribution in [0, 0.1) is 0 Å². The number of nitrogens with zero attached hydrogens (tertiary/aromatic N) is 1. The van der Waals surface area contributed by atoms with Gasteiger partial charge in [0.25, 0.3) is 0 Å². The lowest BCUT2D eigenvalue weighted by molar-refractivity contribution is 0.0143. The molecule has 0 saturated carbocycles. The predicted octanol–water partition coefficient (Wildman–Crippen LogP) is 2.46. The minimum Gasteiger partial charge on any atom is -0.496 e. The molecule has 1 unspecified atom stereocenters. The van der Waals surface area contributed by atoms with Gasteiger partial charge in [0, 0.05) is 31.3 Å². The van der Waals surface area contributed by atoms with Crippen LogP contribution in [0.3, 0.4) is 0 Å². The number of methoxy groups -OCH3 is 1. The van der Waals surface area contributed by atoms with Crippen LogP contribution in [0.5, 0.6) is 17.2 Å². The van der Waals surface area contributed by atoms with Crippen molar-refractivity contribution in [2.45, 2.75) is 6.10 Å². The van der Waals surface area contributed by atoms with Crippen LogP contribution in [0.15, 0.2) is 36.4 Å². The van der Waals surface area contributed by atoms with Crippen LogP contribution < -0.4 is 14.2 Å². The van der Waals surface area contributed by atoms with Crippen molar-refractivity contribution in [1.82, 2.24) is 4.90 Å². The molecular formula is C20H23NO5. The molecule has 2 aliphatic rings. The number of hydrogen-bond acceptors (Lipinski definition) is 6. The zero-order valence-electron chi connectivity index (χ0n) is 14.8. The number of benzene rings is 2. The molecular weight excluding hydrogens is 334 g/mol. The highest BCUT2D eigenvalue weighted by atomic mass is 16.7. The van der Waals surface area contributed by atoms with E-state index in [-0.39, 0.29) is 6.79 Å². The lowest BCUT2D eigenvalue weighted by Crippen LogP contribution is -2.38. The van der Waals surface area contributed by atoms with Gasteiger partial charge in [0.2, 0.25) is 6.79 Å². The van der Waals surface area contributed by atoms with Crippen LogP contribution in [0.2, 0.25) is 0 Å². The number of morpholine rings is 1. The molecule has 1 N–H and O–H groups in total. The summed E-state index contributed by atoms with van der Waals surface area (Å²) in [5.74, 6) is 2.15. The van der Waals surface area contributed by atoms with Crippen LogP contribution >= 0.6 is 0 Å². The van der Waals surface area contributed by atoms with E-state index in [1.54, 1.807) is 7.11 Å². The summed E-state index contributed by atoms with van der Waals surface area (Å²) in [6.45, 7) is 4.04. The number of rotatable bonds is 5. The Morgan fingerprint density at radius 1 is 1.08 bits per heavy atom. The van der Waals surface area contributed by atoms with Gasteiger partial charge in [0.1, 0.15) is 5.75 Å². The second kappa shape index (κ2) is 7.53. The first-order valence-electron chi connectivity index (χ1n) is 8.81. The van der Waals surface area contributed by atoms with Gasteiger partial charge in [0.05, 0.1) is 26.4 Å². The van der Waals surface area contributed by atoms with E-state index in [0.29, 0.717) is 12.3 Å². The number of ether oxygens (including phenoxy) is 4. The van der Waals surface area contributed by atoms with Crippen molar-refractivity contribution in [3.8, 4) is 28.4 Å². The maximum Gasteiger partial charge on any atom is 0.231 e. The average molecular weight is 357 g/mol. The van der Waals surface area contributed by atoms with Crippen LogP contribution in [0.4, 0.5) is 0 Å². The molecule has 2 heterocycles. The normalized spacial score (nSPS) is 17.9. The van der Waals surface area contributed by atoms with E-state index in [2.05, 4.69) is 4.90 Å². The summed E-state index contributed by atoms with van der Waals surface area (Å²) < 4.78 is 21.7. The van der Waals surface area contributed by atoms with Crippen LogP contribution in [0.1, 0.15) is 11.7 Å². The second-order valence-corrected chi connectivity index (χ2v) is 6.46. The van der Waals surface area contributed by atoms with E-state index in [1.165, 1.54) is 0 Å². The fourth-order valence-electron chi connectivity index (χ4n) is 3.34. The molecule has 2 aromatic carbocycles. The maximum absolute atomic E-state index is 10.5. The fourth-order valence-corrected chi connectivity index (χ4v) is 3.34. The van der Waals surface area contributed by atoms with Crippen molar-refractivity contribution in [2.24, 2.45) is 0 Å². The molecule has 0 aliphatic carbocycles. The summed E-state index contributed by atoms with van der Waals surface area (Å²) in [5, 5.41) is 10.5. The van der Waals surface area contributed by atoms with E-state index >= 15 is 0 Å². The molecule has 0 radical (unpaired) electrons. The molecule has 2 aromatic rings. The summed E-state index contributed by atoms with van der Waals surface area (Å²) in [7, 11) is 1.64. The molecule has 0 amide bonds. The third-order valence-electron chi connectivity index (χ3n) is 4.84. The molecule has 138 valence electrons. The number of fused-ring (bicyclic) bond motifs is 1. The second-order valence-electron chi connectivity index (χ2n) is 6.46. The van der Waals surface area contributed by atoms with E-state index in [4.69, 9.17) is 18.9 Å². The number of hydrogen-bond donors (Lipinski definition) is 1. The van der Waals surface area contributed by atoms with Gasteiger partial charge < -0.3 is 24.1 Å². The SMILES string of the molecule is COc1cc2c(cc1-c1ccc(C(O)CN3CCOCC3)cc1)OCO2. The van der Waals surface area contributed by atoms with E-state index < -0.39 is 6.10 Å². The first kappa shape index (κ1) is 17.1. The van der Waals surface area contributed by atoms with Gasteiger partial charge in [0.15, 0.2) is 11.5 Å².